The normalized spacial score (nSPS) is 10.3. The molecule has 5 nitrogen and oxygen atoms in total. The first kappa shape index (κ1) is 10.3. The van der Waals surface area contributed by atoms with E-state index in [-0.39, 0.29) is 0 Å². The summed E-state index contributed by atoms with van der Waals surface area (Å²) in [7, 11) is 1.13. The Kier molecular flexibility index (Phi) is 2.90. The van der Waals surface area contributed by atoms with E-state index in [1.807, 2.05) is 0 Å². The Morgan fingerprint density at radius 3 is 2.71 bits per heavy atom. The number of nitrogens with zero attached hydrogens (tertiary/aromatic N) is 2. The van der Waals surface area contributed by atoms with Gasteiger partial charge in [-0.2, -0.15) is 0 Å². The lowest BCUT2D eigenvalue weighted by molar-refractivity contribution is -0.387. The number of ether oxygens (including phenoxy) is 1. The summed E-state index contributed by atoms with van der Waals surface area (Å²) in [5.41, 5.74) is -1.48. The fourth-order valence-electron chi connectivity index (χ4n) is 0.958. The van der Waals surface area contributed by atoms with Crippen LogP contribution in [0.25, 0.3) is 0 Å². The van der Waals surface area contributed by atoms with E-state index in [1.54, 1.807) is 0 Å². The zero-order valence-corrected chi connectivity index (χ0v) is 7.11. The van der Waals surface area contributed by atoms with E-state index in [0.29, 0.717) is 0 Å². The molecule has 0 unspecified atom stereocenters. The highest BCUT2D eigenvalue weighted by Crippen LogP contribution is 2.34. The minimum Gasteiger partial charge on any atom is -0.476 e. The van der Waals surface area contributed by atoms with E-state index >= 15 is 0 Å². The Morgan fingerprint density at radius 2 is 2.29 bits per heavy atom. The van der Waals surface area contributed by atoms with Crippen molar-refractivity contribution in [3.05, 3.63) is 27.9 Å². The molecule has 1 rings (SSSR count). The highest BCUT2D eigenvalue weighted by molar-refractivity contribution is 5.48. The van der Waals surface area contributed by atoms with E-state index in [2.05, 4.69) is 9.72 Å². The van der Waals surface area contributed by atoms with Crippen LogP contribution in [0.1, 0.15) is 12.0 Å². The van der Waals surface area contributed by atoms with Gasteiger partial charge in [-0.3, -0.25) is 10.1 Å². The predicted molar refractivity (Wildman–Crippen MR) is 42.4 cm³/mol. The molecule has 76 valence electrons. The van der Waals surface area contributed by atoms with Crippen LogP contribution in [-0.2, 0) is 0 Å². The number of aromatic nitrogens is 1. The van der Waals surface area contributed by atoms with Gasteiger partial charge in [0.1, 0.15) is 5.56 Å². The average molecular weight is 204 g/mol. The van der Waals surface area contributed by atoms with Gasteiger partial charge in [0.15, 0.2) is 0 Å². The molecule has 0 amide bonds. The van der Waals surface area contributed by atoms with Crippen LogP contribution >= 0.6 is 0 Å². The fraction of sp³-hybridized carbons (Fsp3) is 0.286. The summed E-state index contributed by atoms with van der Waals surface area (Å²) >= 11 is 0. The highest BCUT2D eigenvalue weighted by atomic mass is 19.3. The van der Waals surface area contributed by atoms with Gasteiger partial charge < -0.3 is 4.74 Å². The van der Waals surface area contributed by atoms with Crippen molar-refractivity contribution in [3.63, 3.8) is 0 Å². The molecular formula is C7H6F2N2O3. The predicted octanol–water partition coefficient (Wildman–Crippen LogP) is 1.94. The van der Waals surface area contributed by atoms with Gasteiger partial charge in [-0.15, -0.1) is 0 Å². The highest BCUT2D eigenvalue weighted by Gasteiger charge is 2.27. The molecule has 0 saturated carbocycles. The van der Waals surface area contributed by atoms with Gasteiger partial charge in [0.25, 0.3) is 12.3 Å². The zero-order valence-electron chi connectivity index (χ0n) is 7.11. The van der Waals surface area contributed by atoms with Crippen molar-refractivity contribution in [1.82, 2.24) is 4.98 Å². The quantitative estimate of drug-likeness (QED) is 0.557. The number of methoxy groups -OCH3 is 1. The molecule has 7 heteroatoms. The Morgan fingerprint density at radius 1 is 1.64 bits per heavy atom. The van der Waals surface area contributed by atoms with E-state index in [4.69, 9.17) is 0 Å². The second-order valence-corrected chi connectivity index (χ2v) is 2.32. The maximum absolute atomic E-state index is 12.3. The molecule has 0 aliphatic rings. The molecule has 0 radical (unpaired) electrons. The van der Waals surface area contributed by atoms with Crippen LogP contribution in [0.3, 0.4) is 0 Å². The van der Waals surface area contributed by atoms with Gasteiger partial charge in [-0.1, -0.05) is 0 Å². The first-order valence-corrected chi connectivity index (χ1v) is 3.53. The van der Waals surface area contributed by atoms with Crippen molar-refractivity contribution in [2.45, 2.75) is 6.43 Å². The van der Waals surface area contributed by atoms with E-state index < -0.39 is 28.5 Å². The SMILES string of the molecule is COc1nccc(C(F)F)c1[N+](=O)[O-]. The van der Waals surface area contributed by atoms with Crippen molar-refractivity contribution < 1.29 is 18.4 Å². The molecule has 0 saturated heterocycles. The van der Waals surface area contributed by atoms with E-state index in [1.165, 1.54) is 0 Å². The average Bonchev–Trinajstić information content (AvgIpc) is 2.16. The molecule has 1 aromatic heterocycles. The van der Waals surface area contributed by atoms with Crippen molar-refractivity contribution in [2.24, 2.45) is 0 Å². The van der Waals surface area contributed by atoms with Crippen LogP contribution < -0.4 is 4.74 Å². The smallest absolute Gasteiger partial charge is 0.339 e. The first-order valence-electron chi connectivity index (χ1n) is 3.53. The number of hydrogen-bond donors (Lipinski definition) is 0. The molecule has 0 aliphatic heterocycles. The number of nitro groups is 1. The van der Waals surface area contributed by atoms with Crippen molar-refractivity contribution in [3.8, 4) is 5.88 Å². The maximum atomic E-state index is 12.3. The zero-order chi connectivity index (χ0) is 10.7. The number of hydrogen-bond acceptors (Lipinski definition) is 4. The summed E-state index contributed by atoms with van der Waals surface area (Å²) in [6.07, 6.45) is -1.89. The number of rotatable bonds is 3. The lowest BCUT2D eigenvalue weighted by Gasteiger charge is -2.04. The third-order valence-corrected chi connectivity index (χ3v) is 1.53. The Bertz CT molecular complexity index is 357. The molecule has 0 aliphatic carbocycles. The minimum atomic E-state index is -2.92. The van der Waals surface area contributed by atoms with Gasteiger partial charge in [0.05, 0.1) is 12.0 Å². The monoisotopic (exact) mass is 204 g/mol. The van der Waals surface area contributed by atoms with Crippen LogP contribution in [0.15, 0.2) is 12.3 Å². The van der Waals surface area contributed by atoms with Gasteiger partial charge in [0.2, 0.25) is 0 Å². The topological polar surface area (TPSA) is 65.3 Å². The van der Waals surface area contributed by atoms with Crippen molar-refractivity contribution in [2.75, 3.05) is 7.11 Å². The van der Waals surface area contributed by atoms with E-state index in [0.717, 1.165) is 19.4 Å². The van der Waals surface area contributed by atoms with Crippen LogP contribution in [0.5, 0.6) is 5.88 Å². The molecule has 1 aromatic rings. The molecule has 1 heterocycles. The second kappa shape index (κ2) is 3.95. The third-order valence-electron chi connectivity index (χ3n) is 1.53. The van der Waals surface area contributed by atoms with Gasteiger partial charge in [-0.05, 0) is 6.07 Å². The summed E-state index contributed by atoms with van der Waals surface area (Å²) < 4.78 is 29.1. The van der Waals surface area contributed by atoms with Gasteiger partial charge >= 0.3 is 5.69 Å². The maximum Gasteiger partial charge on any atom is 0.339 e. The largest absolute Gasteiger partial charge is 0.476 e. The molecule has 0 atom stereocenters. The molecule has 0 N–H and O–H groups in total. The Labute approximate surface area is 77.5 Å². The van der Waals surface area contributed by atoms with Gasteiger partial charge in [0, 0.05) is 6.20 Å². The van der Waals surface area contributed by atoms with Crippen LogP contribution in [0.2, 0.25) is 0 Å². The molecule has 14 heavy (non-hydrogen) atoms. The second-order valence-electron chi connectivity index (χ2n) is 2.32. The molecule has 0 aromatic carbocycles. The number of halogens is 2. The summed E-state index contributed by atoms with van der Waals surface area (Å²) in [5, 5.41) is 10.5. The standard InChI is InChI=1S/C7H6F2N2O3/c1-14-7-5(11(12)13)4(6(8)9)2-3-10-7/h2-3,6H,1H3. The number of alkyl halides is 2. The summed E-state index contributed by atoms with van der Waals surface area (Å²) in [6.45, 7) is 0. The van der Waals surface area contributed by atoms with Crippen molar-refractivity contribution >= 4 is 5.69 Å². The fourth-order valence-corrected chi connectivity index (χ4v) is 0.958. The van der Waals surface area contributed by atoms with Crippen LogP contribution in [0, 0.1) is 10.1 Å². The molecular weight excluding hydrogens is 198 g/mol. The van der Waals surface area contributed by atoms with Crippen molar-refractivity contribution in [1.29, 1.82) is 0 Å². The Hall–Kier alpha value is -1.79. The summed E-state index contributed by atoms with van der Waals surface area (Å²) in [4.78, 5) is 13.0. The third kappa shape index (κ3) is 1.76. The summed E-state index contributed by atoms with van der Waals surface area (Å²) in [6, 6.07) is 0.894. The van der Waals surface area contributed by atoms with Crippen LogP contribution in [0.4, 0.5) is 14.5 Å². The lowest BCUT2D eigenvalue weighted by atomic mass is 10.2. The molecule has 0 fully saturated rings. The van der Waals surface area contributed by atoms with E-state index in [9.17, 15) is 18.9 Å². The first-order chi connectivity index (χ1) is 6.57. The van der Waals surface area contributed by atoms with Crippen LogP contribution in [-0.4, -0.2) is 17.0 Å². The molecule has 0 bridgehead atoms. The Balaban J connectivity index is 3.35. The molecule has 0 spiro atoms. The lowest BCUT2D eigenvalue weighted by Crippen LogP contribution is -2.01. The number of pyridine rings is 1. The van der Waals surface area contributed by atoms with Gasteiger partial charge in [-0.25, -0.2) is 13.8 Å². The minimum absolute atomic E-state index is 0.409. The summed E-state index contributed by atoms with van der Waals surface area (Å²) in [5.74, 6) is -0.409.